The molecular formula is C19H26N4O3. The number of anilines is 1. The van der Waals surface area contributed by atoms with Crippen molar-refractivity contribution in [2.75, 3.05) is 44.3 Å². The molecular weight excluding hydrogens is 332 g/mol. The fourth-order valence-corrected chi connectivity index (χ4v) is 3.14. The zero-order valence-electron chi connectivity index (χ0n) is 15.6. The molecule has 0 spiro atoms. The van der Waals surface area contributed by atoms with E-state index < -0.39 is 0 Å². The van der Waals surface area contributed by atoms with E-state index in [4.69, 9.17) is 9.47 Å². The maximum Gasteiger partial charge on any atom is 0.254 e. The van der Waals surface area contributed by atoms with Crippen LogP contribution >= 0.6 is 0 Å². The Kier molecular flexibility index (Phi) is 5.65. The van der Waals surface area contributed by atoms with Gasteiger partial charge in [-0.1, -0.05) is 0 Å². The van der Waals surface area contributed by atoms with E-state index in [1.807, 2.05) is 42.6 Å². The van der Waals surface area contributed by atoms with E-state index in [2.05, 4.69) is 9.88 Å². The number of carbonyl (C=O) groups is 1. The van der Waals surface area contributed by atoms with Gasteiger partial charge in [0.1, 0.15) is 0 Å². The predicted octanol–water partition coefficient (Wildman–Crippen LogP) is 2.18. The minimum Gasteiger partial charge on any atom is -0.490 e. The number of aromatic nitrogens is 2. The molecule has 0 aliphatic carbocycles. The Bertz CT molecular complexity index is 751. The van der Waals surface area contributed by atoms with Crippen LogP contribution in [0.2, 0.25) is 0 Å². The van der Waals surface area contributed by atoms with Crippen molar-refractivity contribution in [3.8, 4) is 11.5 Å². The zero-order valence-corrected chi connectivity index (χ0v) is 15.6. The van der Waals surface area contributed by atoms with E-state index in [9.17, 15) is 4.79 Å². The quantitative estimate of drug-likeness (QED) is 0.792. The lowest BCUT2D eigenvalue weighted by Gasteiger charge is -2.35. The third-order valence-electron chi connectivity index (χ3n) is 4.44. The van der Waals surface area contributed by atoms with Gasteiger partial charge in [0.15, 0.2) is 11.5 Å². The first-order valence-corrected chi connectivity index (χ1v) is 9.05. The van der Waals surface area contributed by atoms with Crippen molar-refractivity contribution in [1.82, 2.24) is 14.5 Å². The third-order valence-corrected chi connectivity index (χ3v) is 4.44. The van der Waals surface area contributed by atoms with Crippen LogP contribution in [0.15, 0.2) is 30.6 Å². The van der Waals surface area contributed by atoms with Gasteiger partial charge >= 0.3 is 0 Å². The average Bonchev–Trinajstić information content (AvgIpc) is 3.09. The lowest BCUT2D eigenvalue weighted by atomic mass is 10.1. The second kappa shape index (κ2) is 8.12. The number of hydrogen-bond acceptors (Lipinski definition) is 5. The van der Waals surface area contributed by atoms with Crippen molar-refractivity contribution in [2.24, 2.45) is 7.05 Å². The van der Waals surface area contributed by atoms with Crippen LogP contribution in [-0.4, -0.2) is 59.8 Å². The Morgan fingerprint density at radius 2 is 1.77 bits per heavy atom. The number of ether oxygens (including phenoxy) is 2. The largest absolute Gasteiger partial charge is 0.490 e. The summed E-state index contributed by atoms with van der Waals surface area (Å²) in [5, 5.41) is 0. The Morgan fingerprint density at radius 1 is 1.08 bits per heavy atom. The minimum atomic E-state index is 0.0218. The Balaban J connectivity index is 1.68. The topological polar surface area (TPSA) is 59.8 Å². The second-order valence-corrected chi connectivity index (χ2v) is 6.14. The van der Waals surface area contributed by atoms with E-state index >= 15 is 0 Å². The SMILES string of the molecule is CCOc1ccc(C(=O)N2CCN(c3nccn3C)CC2)cc1OCC. The molecule has 26 heavy (non-hydrogen) atoms. The molecule has 1 aliphatic heterocycles. The fourth-order valence-electron chi connectivity index (χ4n) is 3.14. The van der Waals surface area contributed by atoms with Gasteiger partial charge in [-0.25, -0.2) is 4.98 Å². The molecule has 0 atom stereocenters. The second-order valence-electron chi connectivity index (χ2n) is 6.14. The number of imidazole rings is 1. The number of aryl methyl sites for hydroxylation is 1. The molecule has 1 aliphatic rings. The van der Waals surface area contributed by atoms with Crippen molar-refractivity contribution in [1.29, 1.82) is 0 Å². The number of hydrogen-bond donors (Lipinski definition) is 0. The monoisotopic (exact) mass is 358 g/mol. The van der Waals surface area contributed by atoms with Gasteiger partial charge in [-0.2, -0.15) is 0 Å². The molecule has 0 radical (unpaired) electrons. The minimum absolute atomic E-state index is 0.0218. The molecule has 1 fully saturated rings. The molecule has 3 rings (SSSR count). The molecule has 7 heteroatoms. The van der Waals surface area contributed by atoms with E-state index in [0.29, 0.717) is 43.4 Å². The number of piperazine rings is 1. The molecule has 0 N–H and O–H groups in total. The summed E-state index contributed by atoms with van der Waals surface area (Å²) in [6.45, 7) is 7.81. The van der Waals surface area contributed by atoms with E-state index in [1.165, 1.54) is 0 Å². The number of nitrogens with zero attached hydrogens (tertiary/aromatic N) is 4. The van der Waals surface area contributed by atoms with Crippen LogP contribution in [0.1, 0.15) is 24.2 Å². The van der Waals surface area contributed by atoms with Crippen LogP contribution in [0.5, 0.6) is 11.5 Å². The van der Waals surface area contributed by atoms with Gasteiger partial charge in [0, 0.05) is 51.2 Å². The lowest BCUT2D eigenvalue weighted by Crippen LogP contribution is -2.49. The number of carbonyl (C=O) groups excluding carboxylic acids is 1. The molecule has 2 aromatic rings. The van der Waals surface area contributed by atoms with Crippen molar-refractivity contribution >= 4 is 11.9 Å². The van der Waals surface area contributed by atoms with Gasteiger partial charge in [-0.15, -0.1) is 0 Å². The average molecular weight is 358 g/mol. The van der Waals surface area contributed by atoms with Crippen molar-refractivity contribution in [3.05, 3.63) is 36.2 Å². The summed E-state index contributed by atoms with van der Waals surface area (Å²) in [5.74, 6) is 2.25. The molecule has 1 saturated heterocycles. The van der Waals surface area contributed by atoms with Crippen molar-refractivity contribution < 1.29 is 14.3 Å². The summed E-state index contributed by atoms with van der Waals surface area (Å²) < 4.78 is 13.2. The molecule has 0 bridgehead atoms. The third kappa shape index (κ3) is 3.76. The molecule has 0 unspecified atom stereocenters. The number of rotatable bonds is 6. The van der Waals surface area contributed by atoms with Gasteiger partial charge in [-0.05, 0) is 32.0 Å². The highest BCUT2D eigenvalue weighted by molar-refractivity contribution is 5.95. The normalized spacial score (nSPS) is 14.4. The van der Waals surface area contributed by atoms with Crippen LogP contribution in [0.4, 0.5) is 5.95 Å². The van der Waals surface area contributed by atoms with Gasteiger partial charge in [-0.3, -0.25) is 4.79 Å². The van der Waals surface area contributed by atoms with Gasteiger partial charge in [0.25, 0.3) is 5.91 Å². The highest BCUT2D eigenvalue weighted by Crippen LogP contribution is 2.29. The van der Waals surface area contributed by atoms with E-state index in [0.717, 1.165) is 19.0 Å². The summed E-state index contributed by atoms with van der Waals surface area (Å²) in [5.41, 5.74) is 0.627. The first kappa shape index (κ1) is 18.1. The Hall–Kier alpha value is -2.70. The summed E-state index contributed by atoms with van der Waals surface area (Å²) in [7, 11) is 1.98. The van der Waals surface area contributed by atoms with E-state index in [-0.39, 0.29) is 5.91 Å². The molecule has 2 heterocycles. The zero-order chi connectivity index (χ0) is 18.5. The molecule has 1 aromatic heterocycles. The highest BCUT2D eigenvalue weighted by atomic mass is 16.5. The number of amides is 1. The molecule has 7 nitrogen and oxygen atoms in total. The maximum atomic E-state index is 12.9. The predicted molar refractivity (Wildman–Crippen MR) is 100 cm³/mol. The van der Waals surface area contributed by atoms with Crippen LogP contribution < -0.4 is 14.4 Å². The summed E-state index contributed by atoms with van der Waals surface area (Å²) >= 11 is 0. The lowest BCUT2D eigenvalue weighted by molar-refractivity contribution is 0.0745. The van der Waals surface area contributed by atoms with Crippen molar-refractivity contribution in [2.45, 2.75) is 13.8 Å². The maximum absolute atomic E-state index is 12.9. The summed E-state index contributed by atoms with van der Waals surface area (Å²) in [6, 6.07) is 5.40. The first-order chi connectivity index (χ1) is 12.6. The highest BCUT2D eigenvalue weighted by Gasteiger charge is 2.24. The Morgan fingerprint density at radius 3 is 2.38 bits per heavy atom. The summed E-state index contributed by atoms with van der Waals surface area (Å²) in [6.07, 6.45) is 3.73. The van der Waals surface area contributed by atoms with Gasteiger partial charge in [0.2, 0.25) is 5.95 Å². The Labute approximate surface area is 154 Å². The molecule has 1 amide bonds. The fraction of sp³-hybridized carbons (Fsp3) is 0.474. The summed E-state index contributed by atoms with van der Waals surface area (Å²) in [4.78, 5) is 21.3. The smallest absolute Gasteiger partial charge is 0.254 e. The molecule has 140 valence electrons. The first-order valence-electron chi connectivity index (χ1n) is 9.05. The van der Waals surface area contributed by atoms with Crippen molar-refractivity contribution in [3.63, 3.8) is 0 Å². The van der Waals surface area contributed by atoms with Crippen LogP contribution in [0.3, 0.4) is 0 Å². The van der Waals surface area contributed by atoms with Gasteiger partial charge in [0.05, 0.1) is 13.2 Å². The molecule has 1 aromatic carbocycles. The standard InChI is InChI=1S/C19H26N4O3/c1-4-25-16-7-6-15(14-17(16)26-5-2)18(24)22-10-12-23(13-11-22)19-20-8-9-21(19)3/h6-9,14H,4-5,10-13H2,1-3H3. The number of benzene rings is 1. The molecule has 0 saturated carbocycles. The van der Waals surface area contributed by atoms with Crippen LogP contribution in [-0.2, 0) is 7.05 Å². The van der Waals surface area contributed by atoms with E-state index in [1.54, 1.807) is 18.3 Å². The van der Waals surface area contributed by atoms with Gasteiger partial charge < -0.3 is 23.8 Å². The van der Waals surface area contributed by atoms with Crippen LogP contribution in [0, 0.1) is 0 Å². The van der Waals surface area contributed by atoms with Crippen LogP contribution in [0.25, 0.3) is 0 Å².